The van der Waals surface area contributed by atoms with E-state index in [1.807, 2.05) is 73.0 Å². The summed E-state index contributed by atoms with van der Waals surface area (Å²) in [6, 6.07) is 17.5. The van der Waals surface area contributed by atoms with Crippen LogP contribution in [0.25, 0.3) is 16.7 Å². The summed E-state index contributed by atoms with van der Waals surface area (Å²) in [7, 11) is 0. The molecule has 0 saturated carbocycles. The molecule has 1 atom stereocenters. The van der Waals surface area contributed by atoms with Gasteiger partial charge in [-0.25, -0.2) is 9.78 Å². The van der Waals surface area contributed by atoms with Crippen LogP contribution < -0.4 is 5.32 Å². The van der Waals surface area contributed by atoms with Crippen molar-refractivity contribution in [1.29, 1.82) is 0 Å². The van der Waals surface area contributed by atoms with Gasteiger partial charge in [-0.05, 0) is 31.5 Å². The van der Waals surface area contributed by atoms with Crippen LogP contribution in [0.3, 0.4) is 0 Å². The Morgan fingerprint density at radius 3 is 2.64 bits per heavy atom. The zero-order chi connectivity index (χ0) is 17.4. The van der Waals surface area contributed by atoms with Gasteiger partial charge in [0.05, 0.1) is 29.3 Å². The fraction of sp³-hybridized carbons (Fsp3) is 0.200. The van der Waals surface area contributed by atoms with E-state index in [-0.39, 0.29) is 12.0 Å². The molecule has 1 N–H and O–H groups in total. The summed E-state index contributed by atoms with van der Waals surface area (Å²) >= 11 is 0. The summed E-state index contributed by atoms with van der Waals surface area (Å²) in [5, 5.41) is 3.42. The van der Waals surface area contributed by atoms with Crippen molar-refractivity contribution in [3.05, 3.63) is 65.7 Å². The molecule has 0 aliphatic carbocycles. The molecule has 1 aliphatic heterocycles. The first-order chi connectivity index (χ1) is 12.2. The van der Waals surface area contributed by atoms with Crippen molar-refractivity contribution in [2.45, 2.75) is 19.9 Å². The molecule has 0 fully saturated rings. The second kappa shape index (κ2) is 6.09. The van der Waals surface area contributed by atoms with Crippen LogP contribution >= 0.6 is 0 Å². The Hall–Kier alpha value is -3.08. The number of hydrogen-bond donors (Lipinski definition) is 1. The zero-order valence-electron chi connectivity index (χ0n) is 14.2. The first-order valence-corrected chi connectivity index (χ1v) is 8.38. The van der Waals surface area contributed by atoms with Gasteiger partial charge >= 0.3 is 5.97 Å². The molecule has 0 amide bonds. The second-order valence-electron chi connectivity index (χ2n) is 5.97. The lowest BCUT2D eigenvalue weighted by Crippen LogP contribution is -2.28. The maximum atomic E-state index is 12.7. The smallest absolute Gasteiger partial charge is 0.338 e. The summed E-state index contributed by atoms with van der Waals surface area (Å²) < 4.78 is 7.32. The van der Waals surface area contributed by atoms with Crippen molar-refractivity contribution in [3.8, 4) is 0 Å². The summed E-state index contributed by atoms with van der Waals surface area (Å²) in [6.45, 7) is 4.11. The van der Waals surface area contributed by atoms with Gasteiger partial charge in [-0.15, -0.1) is 0 Å². The molecule has 0 bridgehead atoms. The van der Waals surface area contributed by atoms with Crippen LogP contribution in [0.4, 0.5) is 5.95 Å². The minimum absolute atomic E-state index is 0.287. The number of carbonyl (C=O) groups excluding carboxylic acids is 1. The van der Waals surface area contributed by atoms with Gasteiger partial charge in [-0.3, -0.25) is 4.57 Å². The third kappa shape index (κ3) is 2.48. The maximum absolute atomic E-state index is 12.7. The van der Waals surface area contributed by atoms with Crippen LogP contribution in [-0.2, 0) is 9.53 Å². The van der Waals surface area contributed by atoms with Gasteiger partial charge in [-0.2, -0.15) is 0 Å². The Kier molecular flexibility index (Phi) is 3.76. The molecule has 0 radical (unpaired) electrons. The number of nitrogens with zero attached hydrogens (tertiary/aromatic N) is 2. The van der Waals surface area contributed by atoms with Gasteiger partial charge in [0.2, 0.25) is 5.95 Å². The Bertz CT molecular complexity index is 973. The Labute approximate surface area is 145 Å². The average Bonchev–Trinajstić information content (AvgIpc) is 3.01. The van der Waals surface area contributed by atoms with Crippen molar-refractivity contribution in [3.63, 3.8) is 0 Å². The highest BCUT2D eigenvalue weighted by Gasteiger charge is 2.33. The van der Waals surface area contributed by atoms with E-state index in [9.17, 15) is 4.79 Å². The van der Waals surface area contributed by atoms with Crippen LogP contribution in [0.15, 0.2) is 60.2 Å². The van der Waals surface area contributed by atoms with Crippen molar-refractivity contribution in [2.75, 3.05) is 11.9 Å². The molecule has 25 heavy (non-hydrogen) atoms. The lowest BCUT2D eigenvalue weighted by atomic mass is 9.95. The van der Waals surface area contributed by atoms with Crippen molar-refractivity contribution < 1.29 is 9.53 Å². The number of rotatable bonds is 3. The number of hydrogen-bond acceptors (Lipinski definition) is 4. The number of nitrogens with one attached hydrogen (secondary N) is 1. The molecular weight excluding hydrogens is 314 g/mol. The molecular formula is C20H19N3O2. The molecule has 0 spiro atoms. The van der Waals surface area contributed by atoms with Gasteiger partial charge in [0.25, 0.3) is 0 Å². The van der Waals surface area contributed by atoms with Crippen LogP contribution in [0.5, 0.6) is 0 Å². The first kappa shape index (κ1) is 15.4. The van der Waals surface area contributed by atoms with Gasteiger partial charge in [-0.1, -0.05) is 42.5 Å². The SMILES string of the molecule is CCOC(=O)C1=C(C)n2c(nc3ccccc32)N[C@H]1c1ccccc1. The van der Waals surface area contributed by atoms with Gasteiger partial charge < -0.3 is 10.1 Å². The van der Waals surface area contributed by atoms with E-state index in [4.69, 9.17) is 4.74 Å². The summed E-state index contributed by atoms with van der Waals surface area (Å²) in [5.74, 6) is 0.436. The maximum Gasteiger partial charge on any atom is 0.338 e. The number of carbonyl (C=O) groups is 1. The van der Waals surface area contributed by atoms with Crippen LogP contribution in [0.2, 0.25) is 0 Å². The Balaban J connectivity index is 1.94. The van der Waals surface area contributed by atoms with E-state index in [2.05, 4.69) is 10.3 Å². The zero-order valence-corrected chi connectivity index (χ0v) is 14.2. The fourth-order valence-corrected chi connectivity index (χ4v) is 3.36. The van der Waals surface area contributed by atoms with Crippen molar-refractivity contribution >= 4 is 28.6 Å². The number of fused-ring (bicyclic) bond motifs is 3. The normalized spacial score (nSPS) is 16.5. The Morgan fingerprint density at radius 1 is 1.16 bits per heavy atom. The summed E-state index contributed by atoms with van der Waals surface area (Å²) in [6.07, 6.45) is 0. The molecule has 3 aromatic rings. The highest BCUT2D eigenvalue weighted by atomic mass is 16.5. The molecule has 0 saturated heterocycles. The number of aromatic nitrogens is 2. The predicted molar refractivity (Wildman–Crippen MR) is 98.1 cm³/mol. The quantitative estimate of drug-likeness (QED) is 0.736. The topological polar surface area (TPSA) is 56.2 Å². The standard InChI is InChI=1S/C20H19N3O2/c1-3-25-19(24)17-13(2)23-16-12-8-7-11-15(16)21-20(23)22-18(17)14-9-5-4-6-10-14/h4-12,18H,3H2,1-2H3,(H,21,22)/t18-/m0/s1. The van der Waals surface area contributed by atoms with E-state index < -0.39 is 0 Å². The number of imidazole rings is 1. The van der Waals surface area contributed by atoms with Crippen molar-refractivity contribution in [1.82, 2.24) is 9.55 Å². The van der Waals surface area contributed by atoms with E-state index in [1.54, 1.807) is 0 Å². The number of para-hydroxylation sites is 2. The molecule has 4 rings (SSSR count). The summed E-state index contributed by atoms with van der Waals surface area (Å²) in [4.78, 5) is 17.4. The molecule has 5 heteroatoms. The first-order valence-electron chi connectivity index (χ1n) is 8.38. The number of allylic oxidation sites excluding steroid dienone is 1. The monoisotopic (exact) mass is 333 g/mol. The highest BCUT2D eigenvalue weighted by molar-refractivity contribution is 6.00. The van der Waals surface area contributed by atoms with E-state index in [1.165, 1.54) is 0 Å². The predicted octanol–water partition coefficient (Wildman–Crippen LogP) is 4.00. The molecule has 1 aromatic heterocycles. The fourth-order valence-electron chi connectivity index (χ4n) is 3.36. The minimum atomic E-state index is -0.301. The average molecular weight is 333 g/mol. The molecule has 2 aromatic carbocycles. The highest BCUT2D eigenvalue weighted by Crippen LogP contribution is 2.38. The van der Waals surface area contributed by atoms with Crippen LogP contribution in [0.1, 0.15) is 25.5 Å². The third-order valence-corrected chi connectivity index (χ3v) is 4.48. The van der Waals surface area contributed by atoms with Gasteiger partial charge in [0, 0.05) is 5.70 Å². The van der Waals surface area contributed by atoms with Crippen molar-refractivity contribution in [2.24, 2.45) is 0 Å². The molecule has 0 unspecified atom stereocenters. The number of ether oxygens (including phenoxy) is 1. The number of anilines is 1. The number of benzene rings is 2. The van der Waals surface area contributed by atoms with E-state index in [0.717, 1.165) is 28.2 Å². The van der Waals surface area contributed by atoms with Gasteiger partial charge in [0.1, 0.15) is 0 Å². The minimum Gasteiger partial charge on any atom is -0.463 e. The molecule has 2 heterocycles. The van der Waals surface area contributed by atoms with Crippen LogP contribution in [0, 0.1) is 0 Å². The van der Waals surface area contributed by atoms with E-state index in [0.29, 0.717) is 12.2 Å². The number of esters is 1. The lowest BCUT2D eigenvalue weighted by molar-refractivity contribution is -0.138. The third-order valence-electron chi connectivity index (χ3n) is 4.48. The summed E-state index contributed by atoms with van der Waals surface area (Å²) in [5.41, 5.74) is 4.32. The second-order valence-corrected chi connectivity index (χ2v) is 5.97. The van der Waals surface area contributed by atoms with Gasteiger partial charge in [0.15, 0.2) is 0 Å². The largest absolute Gasteiger partial charge is 0.463 e. The lowest BCUT2D eigenvalue weighted by Gasteiger charge is -2.29. The molecule has 1 aliphatic rings. The van der Waals surface area contributed by atoms with Crippen LogP contribution in [-0.4, -0.2) is 22.1 Å². The van der Waals surface area contributed by atoms with E-state index >= 15 is 0 Å². The Morgan fingerprint density at radius 2 is 1.88 bits per heavy atom. The molecule has 5 nitrogen and oxygen atoms in total. The molecule has 126 valence electrons.